The van der Waals surface area contributed by atoms with Gasteiger partial charge >= 0.3 is 0 Å². The highest BCUT2D eigenvalue weighted by atomic mass is 35.5. The molecule has 0 aromatic carbocycles. The molecule has 2 rings (SSSR count). The van der Waals surface area contributed by atoms with E-state index in [-0.39, 0.29) is 0 Å². The zero-order valence-electron chi connectivity index (χ0n) is 7.22. The fourth-order valence-corrected chi connectivity index (χ4v) is 1.34. The lowest BCUT2D eigenvalue weighted by Gasteiger charge is -2.02. The molecule has 0 aliphatic carbocycles. The molecule has 0 aliphatic heterocycles. The minimum atomic E-state index is 0.381. The van der Waals surface area contributed by atoms with E-state index in [2.05, 4.69) is 4.98 Å². The zero-order valence-corrected chi connectivity index (χ0v) is 7.98. The molecule has 0 aliphatic rings. The molecule has 0 unspecified atom stereocenters. The van der Waals surface area contributed by atoms with Crippen molar-refractivity contribution in [1.82, 2.24) is 4.98 Å². The van der Waals surface area contributed by atoms with Crippen LogP contribution in [0.5, 0.6) is 0 Å². The summed E-state index contributed by atoms with van der Waals surface area (Å²) in [6.45, 7) is 0. The van der Waals surface area contributed by atoms with Crippen LogP contribution in [0.25, 0.3) is 11.4 Å². The Morgan fingerprint density at radius 1 is 1.14 bits per heavy atom. The lowest BCUT2D eigenvalue weighted by molar-refractivity contribution is -0.593. The molecule has 0 radical (unpaired) electrons. The molecule has 2 heterocycles. The SMILES string of the molecule is [O-][n+]1ccccc1-c1cccc(Cl)n1. The van der Waals surface area contributed by atoms with Gasteiger partial charge in [0.05, 0.1) is 0 Å². The fourth-order valence-electron chi connectivity index (χ4n) is 1.18. The van der Waals surface area contributed by atoms with Crippen molar-refractivity contribution in [2.24, 2.45) is 0 Å². The Kier molecular flexibility index (Phi) is 2.33. The van der Waals surface area contributed by atoms with Gasteiger partial charge in [-0.05, 0) is 18.2 Å². The number of hydrogen-bond donors (Lipinski definition) is 0. The van der Waals surface area contributed by atoms with Gasteiger partial charge in [0.2, 0.25) is 5.69 Å². The molecule has 70 valence electrons. The maximum absolute atomic E-state index is 11.4. The third-order valence-electron chi connectivity index (χ3n) is 1.80. The Labute approximate surface area is 86.2 Å². The number of hydrogen-bond acceptors (Lipinski definition) is 2. The average molecular weight is 207 g/mol. The van der Waals surface area contributed by atoms with Crippen LogP contribution in [0, 0.1) is 5.21 Å². The molecule has 0 amide bonds. The third-order valence-corrected chi connectivity index (χ3v) is 2.01. The molecule has 0 spiro atoms. The first-order valence-electron chi connectivity index (χ1n) is 4.08. The summed E-state index contributed by atoms with van der Waals surface area (Å²) in [6.07, 6.45) is 1.43. The minimum absolute atomic E-state index is 0.381. The zero-order chi connectivity index (χ0) is 9.97. The van der Waals surface area contributed by atoms with Crippen LogP contribution in [-0.4, -0.2) is 4.98 Å². The summed E-state index contributed by atoms with van der Waals surface area (Å²) in [5.41, 5.74) is 1.07. The van der Waals surface area contributed by atoms with Crippen molar-refractivity contribution < 1.29 is 4.73 Å². The summed E-state index contributed by atoms with van der Waals surface area (Å²) in [5.74, 6) is 0. The molecule has 3 nitrogen and oxygen atoms in total. The molecule has 2 aromatic rings. The first-order valence-corrected chi connectivity index (χ1v) is 4.46. The Morgan fingerprint density at radius 2 is 2.00 bits per heavy atom. The molecule has 2 aromatic heterocycles. The van der Waals surface area contributed by atoms with Crippen LogP contribution in [0.3, 0.4) is 0 Å². The van der Waals surface area contributed by atoms with Crippen molar-refractivity contribution in [3.05, 3.63) is 53.0 Å². The number of halogens is 1. The van der Waals surface area contributed by atoms with Crippen LogP contribution in [0.2, 0.25) is 5.15 Å². The maximum Gasteiger partial charge on any atom is 0.242 e. The summed E-state index contributed by atoms with van der Waals surface area (Å²) in [6, 6.07) is 10.3. The summed E-state index contributed by atoms with van der Waals surface area (Å²) in [4.78, 5) is 4.05. The van der Waals surface area contributed by atoms with Gasteiger partial charge < -0.3 is 5.21 Å². The van der Waals surface area contributed by atoms with Crippen molar-refractivity contribution in [3.63, 3.8) is 0 Å². The molecule has 0 N–H and O–H groups in total. The Balaban J connectivity index is 2.55. The van der Waals surface area contributed by atoms with Gasteiger partial charge in [-0.1, -0.05) is 17.7 Å². The summed E-state index contributed by atoms with van der Waals surface area (Å²) < 4.78 is 0.763. The van der Waals surface area contributed by atoms with E-state index in [0.717, 1.165) is 4.73 Å². The topological polar surface area (TPSA) is 39.8 Å². The van der Waals surface area contributed by atoms with Crippen LogP contribution in [0.15, 0.2) is 42.6 Å². The highest BCUT2D eigenvalue weighted by Gasteiger charge is 2.08. The minimum Gasteiger partial charge on any atom is -0.618 e. The van der Waals surface area contributed by atoms with E-state index in [1.165, 1.54) is 6.20 Å². The van der Waals surface area contributed by atoms with E-state index in [1.54, 1.807) is 36.4 Å². The van der Waals surface area contributed by atoms with Gasteiger partial charge in [0, 0.05) is 12.1 Å². The van der Waals surface area contributed by atoms with E-state index in [0.29, 0.717) is 16.5 Å². The van der Waals surface area contributed by atoms with Crippen LogP contribution < -0.4 is 4.73 Å². The summed E-state index contributed by atoms with van der Waals surface area (Å²) in [7, 11) is 0. The molecule has 14 heavy (non-hydrogen) atoms. The molecule has 0 bridgehead atoms. The van der Waals surface area contributed by atoms with E-state index in [4.69, 9.17) is 11.6 Å². The van der Waals surface area contributed by atoms with E-state index >= 15 is 0 Å². The van der Waals surface area contributed by atoms with Crippen molar-refractivity contribution in [1.29, 1.82) is 0 Å². The lowest BCUT2D eigenvalue weighted by Crippen LogP contribution is -2.28. The van der Waals surface area contributed by atoms with E-state index in [9.17, 15) is 5.21 Å². The van der Waals surface area contributed by atoms with Gasteiger partial charge in [-0.2, -0.15) is 4.73 Å². The second-order valence-corrected chi connectivity index (χ2v) is 3.14. The van der Waals surface area contributed by atoms with Gasteiger partial charge in [-0.15, -0.1) is 0 Å². The van der Waals surface area contributed by atoms with Crippen molar-refractivity contribution >= 4 is 11.6 Å². The molecular formula is C10H7ClN2O. The summed E-state index contributed by atoms with van der Waals surface area (Å²) in [5, 5.41) is 11.7. The molecule has 0 saturated carbocycles. The van der Waals surface area contributed by atoms with Gasteiger partial charge in [0.15, 0.2) is 6.20 Å². The fraction of sp³-hybridized carbons (Fsp3) is 0. The quantitative estimate of drug-likeness (QED) is 0.407. The van der Waals surface area contributed by atoms with E-state index in [1.807, 2.05) is 0 Å². The monoisotopic (exact) mass is 206 g/mol. The predicted molar refractivity (Wildman–Crippen MR) is 53.6 cm³/mol. The lowest BCUT2D eigenvalue weighted by atomic mass is 10.2. The van der Waals surface area contributed by atoms with Crippen LogP contribution >= 0.6 is 11.6 Å². The summed E-state index contributed by atoms with van der Waals surface area (Å²) >= 11 is 5.72. The molecule has 0 atom stereocenters. The van der Waals surface area contributed by atoms with Crippen molar-refractivity contribution in [2.75, 3.05) is 0 Å². The predicted octanol–water partition coefficient (Wildman–Crippen LogP) is 2.04. The molecular weight excluding hydrogens is 200 g/mol. The average Bonchev–Trinajstić information content (AvgIpc) is 2.18. The Morgan fingerprint density at radius 3 is 2.71 bits per heavy atom. The number of rotatable bonds is 1. The first-order chi connectivity index (χ1) is 6.77. The molecule has 0 fully saturated rings. The van der Waals surface area contributed by atoms with Crippen molar-refractivity contribution in [3.8, 4) is 11.4 Å². The van der Waals surface area contributed by atoms with Gasteiger partial charge in [0.1, 0.15) is 10.8 Å². The van der Waals surface area contributed by atoms with Crippen LogP contribution in [0.4, 0.5) is 0 Å². The number of pyridine rings is 2. The smallest absolute Gasteiger partial charge is 0.242 e. The van der Waals surface area contributed by atoms with E-state index < -0.39 is 0 Å². The standard InChI is InChI=1S/C10H7ClN2O/c11-10-6-3-4-8(12-10)9-5-1-2-7-13(9)14/h1-7H. The number of aromatic nitrogens is 2. The Hall–Kier alpha value is -1.61. The maximum atomic E-state index is 11.4. The highest BCUT2D eigenvalue weighted by Crippen LogP contribution is 2.14. The van der Waals surface area contributed by atoms with Gasteiger partial charge in [-0.25, -0.2) is 4.98 Å². The first kappa shape index (κ1) is 8.97. The van der Waals surface area contributed by atoms with Crippen LogP contribution in [0.1, 0.15) is 0 Å². The molecule has 0 saturated heterocycles. The van der Waals surface area contributed by atoms with Gasteiger partial charge in [-0.3, -0.25) is 0 Å². The largest absolute Gasteiger partial charge is 0.618 e. The second-order valence-electron chi connectivity index (χ2n) is 2.76. The second kappa shape index (κ2) is 3.64. The normalized spacial score (nSPS) is 10.1. The highest BCUT2D eigenvalue weighted by molar-refractivity contribution is 6.29. The number of nitrogens with zero attached hydrogens (tertiary/aromatic N) is 2. The van der Waals surface area contributed by atoms with Crippen LogP contribution in [-0.2, 0) is 0 Å². The van der Waals surface area contributed by atoms with Crippen molar-refractivity contribution in [2.45, 2.75) is 0 Å². The molecule has 4 heteroatoms. The Bertz CT molecular complexity index is 459. The van der Waals surface area contributed by atoms with Gasteiger partial charge in [0.25, 0.3) is 0 Å². The third kappa shape index (κ3) is 1.67.